The first-order valence-corrected chi connectivity index (χ1v) is 8.45. The second-order valence-electron chi connectivity index (χ2n) is 6.17. The van der Waals surface area contributed by atoms with Gasteiger partial charge in [0, 0.05) is 24.5 Å². The molecule has 1 aliphatic heterocycles. The second kappa shape index (κ2) is 9.41. The highest BCUT2D eigenvalue weighted by Gasteiger charge is 2.20. The third-order valence-electron chi connectivity index (χ3n) is 4.36. The highest BCUT2D eigenvalue weighted by atomic mass is 35.5. The lowest BCUT2D eigenvalue weighted by atomic mass is 10.00. The number of anilines is 2. The molecule has 0 saturated carbocycles. The lowest BCUT2D eigenvalue weighted by Gasteiger charge is -2.31. The van der Waals surface area contributed by atoms with Crippen LogP contribution in [0.4, 0.5) is 20.2 Å². The summed E-state index contributed by atoms with van der Waals surface area (Å²) >= 11 is 0. The van der Waals surface area contributed by atoms with Gasteiger partial charge in [-0.2, -0.15) is 8.78 Å². The average Bonchev–Trinajstić information content (AvgIpc) is 2.62. The van der Waals surface area contributed by atoms with Crippen LogP contribution in [-0.2, 0) is 17.8 Å². The van der Waals surface area contributed by atoms with E-state index in [1.54, 1.807) is 12.1 Å². The molecule has 2 aromatic carbocycles. The Balaban J connectivity index is 0.00000261. The van der Waals surface area contributed by atoms with Crippen molar-refractivity contribution in [2.75, 3.05) is 23.7 Å². The number of hydrogen-bond acceptors (Lipinski definition) is 4. The molecule has 0 spiro atoms. The van der Waals surface area contributed by atoms with Crippen molar-refractivity contribution in [2.45, 2.75) is 26.0 Å². The average molecular weight is 398 g/mol. The number of alkyl halides is 2. The summed E-state index contributed by atoms with van der Waals surface area (Å²) in [5, 5.41) is 2.85. The van der Waals surface area contributed by atoms with Gasteiger partial charge >= 0.3 is 6.61 Å². The van der Waals surface area contributed by atoms with Gasteiger partial charge in [-0.3, -0.25) is 4.79 Å². The number of nitrogens with zero attached hydrogens (tertiary/aromatic N) is 1. The first-order chi connectivity index (χ1) is 12.5. The number of nitrogens with one attached hydrogen (secondary N) is 1. The van der Waals surface area contributed by atoms with E-state index >= 15 is 0 Å². The fourth-order valence-corrected chi connectivity index (χ4v) is 3.11. The number of nitrogen functional groups attached to an aromatic ring is 1. The smallest absolute Gasteiger partial charge is 0.387 e. The minimum atomic E-state index is -2.85. The van der Waals surface area contributed by atoms with E-state index in [2.05, 4.69) is 10.1 Å². The van der Waals surface area contributed by atoms with Gasteiger partial charge in [0.05, 0.1) is 6.54 Å². The molecule has 146 valence electrons. The van der Waals surface area contributed by atoms with E-state index in [1.807, 2.05) is 23.1 Å². The Morgan fingerprint density at radius 3 is 2.67 bits per heavy atom. The molecule has 0 unspecified atom stereocenters. The molecule has 0 bridgehead atoms. The number of carbonyl (C=O) groups excluding carboxylic acids is 1. The van der Waals surface area contributed by atoms with Crippen molar-refractivity contribution in [1.29, 1.82) is 0 Å². The number of benzene rings is 2. The van der Waals surface area contributed by atoms with E-state index in [1.165, 1.54) is 12.1 Å². The minimum Gasteiger partial charge on any atom is -0.435 e. The molecule has 3 rings (SSSR count). The first-order valence-electron chi connectivity index (χ1n) is 8.45. The maximum Gasteiger partial charge on any atom is 0.387 e. The monoisotopic (exact) mass is 397 g/mol. The number of ether oxygens (including phenoxy) is 1. The van der Waals surface area contributed by atoms with Gasteiger partial charge in [0.1, 0.15) is 5.75 Å². The number of fused-ring (bicyclic) bond motifs is 1. The van der Waals surface area contributed by atoms with Crippen LogP contribution in [0.15, 0.2) is 42.5 Å². The van der Waals surface area contributed by atoms with Gasteiger partial charge in [0.25, 0.3) is 0 Å². The van der Waals surface area contributed by atoms with Crippen LogP contribution in [0.5, 0.6) is 5.75 Å². The lowest BCUT2D eigenvalue weighted by Crippen LogP contribution is -2.39. The van der Waals surface area contributed by atoms with E-state index in [-0.39, 0.29) is 30.6 Å². The zero-order valence-electron chi connectivity index (χ0n) is 14.7. The quantitative estimate of drug-likeness (QED) is 0.733. The second-order valence-corrected chi connectivity index (χ2v) is 6.17. The summed E-state index contributed by atoms with van der Waals surface area (Å²) in [4.78, 5) is 14.3. The molecule has 1 heterocycles. The predicted molar refractivity (Wildman–Crippen MR) is 104 cm³/mol. The summed E-state index contributed by atoms with van der Waals surface area (Å²) in [7, 11) is 0. The Kier molecular flexibility index (Phi) is 7.24. The highest BCUT2D eigenvalue weighted by molar-refractivity contribution is 5.85. The van der Waals surface area contributed by atoms with Crippen molar-refractivity contribution in [1.82, 2.24) is 5.32 Å². The Morgan fingerprint density at radius 2 is 1.96 bits per heavy atom. The molecule has 1 amide bonds. The van der Waals surface area contributed by atoms with Crippen LogP contribution >= 0.6 is 12.4 Å². The molecule has 8 heteroatoms. The van der Waals surface area contributed by atoms with Crippen LogP contribution in [0.25, 0.3) is 0 Å². The van der Waals surface area contributed by atoms with Crippen molar-refractivity contribution in [3.05, 3.63) is 53.6 Å². The topological polar surface area (TPSA) is 67.6 Å². The van der Waals surface area contributed by atoms with Gasteiger partial charge in [-0.15, -0.1) is 12.4 Å². The van der Waals surface area contributed by atoms with E-state index in [4.69, 9.17) is 5.73 Å². The molecule has 1 aliphatic rings. The first kappa shape index (κ1) is 20.8. The molecule has 27 heavy (non-hydrogen) atoms. The SMILES string of the molecule is Cl.Nc1cccc2c1CCCN2CC(=O)NCc1ccc(OC(F)F)cc1. The molecular weight excluding hydrogens is 376 g/mol. The number of amides is 1. The Bertz CT molecular complexity index is 772. The molecule has 0 saturated heterocycles. The largest absolute Gasteiger partial charge is 0.435 e. The predicted octanol–water partition coefficient (Wildman–Crippen LogP) is 3.36. The third kappa shape index (κ3) is 5.47. The van der Waals surface area contributed by atoms with Crippen LogP contribution in [0.2, 0.25) is 0 Å². The van der Waals surface area contributed by atoms with Crippen molar-refractivity contribution < 1.29 is 18.3 Å². The Labute approximate surface area is 162 Å². The summed E-state index contributed by atoms with van der Waals surface area (Å²) < 4.78 is 28.6. The molecule has 5 nitrogen and oxygen atoms in total. The standard InChI is InChI=1S/C19H21F2N3O2.ClH/c20-19(21)26-14-8-6-13(7-9-14)11-23-18(25)12-24-10-2-3-15-16(22)4-1-5-17(15)24;/h1,4-9,19H,2-3,10-12,22H2,(H,23,25);1H. The summed E-state index contributed by atoms with van der Waals surface area (Å²) in [5.74, 6) is -0.00855. The normalized spacial score (nSPS) is 12.9. The fraction of sp³-hybridized carbons (Fsp3) is 0.316. The molecule has 3 N–H and O–H groups in total. The zero-order valence-corrected chi connectivity index (χ0v) is 15.5. The van der Waals surface area contributed by atoms with Gasteiger partial charge in [-0.1, -0.05) is 18.2 Å². The molecule has 0 radical (unpaired) electrons. The molecule has 0 aliphatic carbocycles. The molecule has 2 aromatic rings. The highest BCUT2D eigenvalue weighted by Crippen LogP contribution is 2.30. The molecule has 0 atom stereocenters. The van der Waals surface area contributed by atoms with Crippen molar-refractivity contribution in [3.63, 3.8) is 0 Å². The molecule has 0 fully saturated rings. The third-order valence-corrected chi connectivity index (χ3v) is 4.36. The lowest BCUT2D eigenvalue weighted by molar-refractivity contribution is -0.119. The van der Waals surface area contributed by atoms with Crippen LogP contribution in [0.3, 0.4) is 0 Å². The van der Waals surface area contributed by atoms with E-state index in [9.17, 15) is 13.6 Å². The maximum absolute atomic E-state index is 12.3. The number of rotatable bonds is 6. The van der Waals surface area contributed by atoms with Gasteiger partial charge < -0.3 is 20.7 Å². The van der Waals surface area contributed by atoms with E-state index < -0.39 is 6.61 Å². The minimum absolute atomic E-state index is 0. The number of carbonyl (C=O) groups is 1. The van der Waals surface area contributed by atoms with Gasteiger partial charge in [0.15, 0.2) is 0 Å². The number of halogens is 3. The summed E-state index contributed by atoms with van der Waals surface area (Å²) in [6.45, 7) is -1.46. The van der Waals surface area contributed by atoms with Crippen LogP contribution in [0, 0.1) is 0 Å². The molecule has 0 aromatic heterocycles. The van der Waals surface area contributed by atoms with Crippen molar-refractivity contribution >= 4 is 29.7 Å². The van der Waals surface area contributed by atoms with Crippen LogP contribution < -0.4 is 20.7 Å². The van der Waals surface area contributed by atoms with E-state index in [0.717, 1.165) is 41.9 Å². The zero-order chi connectivity index (χ0) is 18.5. The molecular formula is C19H22ClF2N3O2. The van der Waals surface area contributed by atoms with Gasteiger partial charge in [-0.25, -0.2) is 0 Å². The van der Waals surface area contributed by atoms with Gasteiger partial charge in [0.2, 0.25) is 5.91 Å². The van der Waals surface area contributed by atoms with E-state index in [0.29, 0.717) is 6.54 Å². The Morgan fingerprint density at radius 1 is 1.22 bits per heavy atom. The number of nitrogens with two attached hydrogens (primary N) is 1. The van der Waals surface area contributed by atoms with Crippen LogP contribution in [-0.4, -0.2) is 25.6 Å². The fourth-order valence-electron chi connectivity index (χ4n) is 3.11. The van der Waals surface area contributed by atoms with Crippen LogP contribution in [0.1, 0.15) is 17.5 Å². The maximum atomic E-state index is 12.3. The Hall–Kier alpha value is -2.54. The van der Waals surface area contributed by atoms with Gasteiger partial charge in [-0.05, 0) is 48.2 Å². The number of hydrogen-bond donors (Lipinski definition) is 2. The summed E-state index contributed by atoms with van der Waals surface area (Å²) in [6.07, 6.45) is 1.88. The summed E-state index contributed by atoms with van der Waals surface area (Å²) in [6, 6.07) is 12.0. The summed E-state index contributed by atoms with van der Waals surface area (Å²) in [5.41, 5.74) is 9.71. The van der Waals surface area contributed by atoms with Crippen molar-refractivity contribution in [3.8, 4) is 5.75 Å². The van der Waals surface area contributed by atoms with Crippen molar-refractivity contribution in [2.24, 2.45) is 0 Å².